The molecule has 0 unspecified atom stereocenters. The van der Waals surface area contributed by atoms with E-state index in [0.29, 0.717) is 12.5 Å². The molecule has 1 aromatic heterocycles. The molecule has 0 atom stereocenters. The third-order valence-electron chi connectivity index (χ3n) is 3.17. The molecule has 2 aromatic carbocycles. The number of hydrogen-bond acceptors (Lipinski definition) is 3. The number of phenols is 1. The molecular formula is C17H15N3O. The van der Waals surface area contributed by atoms with Crippen molar-refractivity contribution in [1.82, 2.24) is 9.55 Å². The van der Waals surface area contributed by atoms with Gasteiger partial charge in [0, 0.05) is 12.8 Å². The molecule has 0 bridgehead atoms. The molecule has 0 fully saturated rings. The molecule has 0 saturated carbocycles. The Morgan fingerprint density at radius 1 is 1.14 bits per heavy atom. The molecule has 0 aliphatic rings. The van der Waals surface area contributed by atoms with Crippen LogP contribution < -0.4 is 0 Å². The van der Waals surface area contributed by atoms with E-state index in [0.717, 1.165) is 16.6 Å². The van der Waals surface area contributed by atoms with E-state index >= 15 is 0 Å². The molecule has 0 spiro atoms. The highest BCUT2D eigenvalue weighted by atomic mass is 16.3. The summed E-state index contributed by atoms with van der Waals surface area (Å²) in [7, 11) is 0. The number of allylic oxidation sites excluding steroid dienone is 1. The number of nitrogens with zero attached hydrogens (tertiary/aromatic N) is 3. The van der Waals surface area contributed by atoms with E-state index in [4.69, 9.17) is 0 Å². The van der Waals surface area contributed by atoms with Crippen molar-refractivity contribution in [3.63, 3.8) is 0 Å². The van der Waals surface area contributed by atoms with Gasteiger partial charge in [-0.05, 0) is 42.0 Å². The van der Waals surface area contributed by atoms with Gasteiger partial charge in [-0.3, -0.25) is 0 Å². The second-order valence-corrected chi connectivity index (χ2v) is 4.65. The minimum absolute atomic E-state index is 0.242. The summed E-state index contributed by atoms with van der Waals surface area (Å²) in [6.45, 7) is 4.44. The molecule has 3 rings (SSSR count). The topological polar surface area (TPSA) is 50.4 Å². The maximum Gasteiger partial charge on any atom is 0.230 e. The first-order chi connectivity index (χ1) is 10.3. The second-order valence-electron chi connectivity index (χ2n) is 4.65. The van der Waals surface area contributed by atoms with Crippen LogP contribution in [0.5, 0.6) is 5.75 Å². The molecule has 0 aliphatic carbocycles. The van der Waals surface area contributed by atoms with Crippen molar-refractivity contribution < 1.29 is 5.11 Å². The fourth-order valence-corrected chi connectivity index (χ4v) is 2.16. The quantitative estimate of drug-likeness (QED) is 0.584. The van der Waals surface area contributed by atoms with Crippen LogP contribution in [0.1, 0.15) is 5.56 Å². The Balaban J connectivity index is 2.01. The molecule has 1 N–H and O–H groups in total. The number of aromatic nitrogens is 2. The molecule has 4 heteroatoms. The fourth-order valence-electron chi connectivity index (χ4n) is 2.16. The first-order valence-electron chi connectivity index (χ1n) is 6.67. The number of imidazole rings is 1. The number of para-hydroxylation sites is 2. The summed E-state index contributed by atoms with van der Waals surface area (Å²) >= 11 is 0. The van der Waals surface area contributed by atoms with Crippen LogP contribution in [0.3, 0.4) is 0 Å². The summed E-state index contributed by atoms with van der Waals surface area (Å²) in [4.78, 5) is 8.99. The molecule has 0 saturated heterocycles. The zero-order valence-electron chi connectivity index (χ0n) is 11.5. The van der Waals surface area contributed by atoms with Crippen LogP contribution in [0.4, 0.5) is 5.95 Å². The first-order valence-corrected chi connectivity index (χ1v) is 6.67. The van der Waals surface area contributed by atoms with Gasteiger partial charge >= 0.3 is 0 Å². The van der Waals surface area contributed by atoms with Crippen LogP contribution in [-0.2, 0) is 6.54 Å². The molecule has 0 amide bonds. The van der Waals surface area contributed by atoms with Crippen LogP contribution in [0, 0.1) is 0 Å². The summed E-state index contributed by atoms with van der Waals surface area (Å²) < 4.78 is 2.01. The summed E-state index contributed by atoms with van der Waals surface area (Å²) in [5, 5.41) is 9.28. The normalized spacial score (nSPS) is 11.2. The zero-order valence-corrected chi connectivity index (χ0v) is 11.5. The summed E-state index contributed by atoms with van der Waals surface area (Å²) in [6, 6.07) is 14.8. The first kappa shape index (κ1) is 13.1. The van der Waals surface area contributed by atoms with Crippen molar-refractivity contribution in [2.24, 2.45) is 4.99 Å². The van der Waals surface area contributed by atoms with E-state index in [1.165, 1.54) is 0 Å². The van der Waals surface area contributed by atoms with E-state index in [-0.39, 0.29) is 5.75 Å². The van der Waals surface area contributed by atoms with Crippen molar-refractivity contribution in [2.75, 3.05) is 0 Å². The van der Waals surface area contributed by atoms with Crippen molar-refractivity contribution in [3.05, 3.63) is 66.7 Å². The standard InChI is InChI=1S/C17H15N3O/c1-2-11-20-16-6-4-3-5-15(16)19-17(20)18-12-13-7-9-14(21)10-8-13/h2-10,12,21H,1,11H2. The van der Waals surface area contributed by atoms with Gasteiger partial charge in [-0.15, -0.1) is 6.58 Å². The molecule has 0 radical (unpaired) electrons. The van der Waals surface area contributed by atoms with Gasteiger partial charge in [0.2, 0.25) is 5.95 Å². The third kappa shape index (κ3) is 2.69. The van der Waals surface area contributed by atoms with Gasteiger partial charge in [-0.2, -0.15) is 0 Å². The number of rotatable bonds is 4. The summed E-state index contributed by atoms with van der Waals surface area (Å²) in [5.41, 5.74) is 2.86. The molecule has 21 heavy (non-hydrogen) atoms. The van der Waals surface area contributed by atoms with Crippen molar-refractivity contribution in [1.29, 1.82) is 0 Å². The van der Waals surface area contributed by atoms with Gasteiger partial charge in [0.05, 0.1) is 11.0 Å². The Morgan fingerprint density at radius 3 is 2.67 bits per heavy atom. The highest BCUT2D eigenvalue weighted by Crippen LogP contribution is 2.21. The molecule has 1 heterocycles. The molecule has 104 valence electrons. The molecule has 0 aliphatic heterocycles. The fraction of sp³-hybridized carbons (Fsp3) is 0.0588. The van der Waals surface area contributed by atoms with Crippen molar-refractivity contribution in [2.45, 2.75) is 6.54 Å². The van der Waals surface area contributed by atoms with Crippen molar-refractivity contribution in [3.8, 4) is 5.75 Å². The average molecular weight is 277 g/mol. The van der Waals surface area contributed by atoms with Gasteiger partial charge in [-0.25, -0.2) is 9.98 Å². The Bertz CT molecular complexity index is 801. The number of hydrogen-bond donors (Lipinski definition) is 1. The predicted molar refractivity (Wildman–Crippen MR) is 85.3 cm³/mol. The smallest absolute Gasteiger partial charge is 0.230 e. The minimum atomic E-state index is 0.242. The monoisotopic (exact) mass is 277 g/mol. The van der Waals surface area contributed by atoms with E-state index in [2.05, 4.69) is 16.6 Å². The lowest BCUT2D eigenvalue weighted by Gasteiger charge is -2.01. The largest absolute Gasteiger partial charge is 0.508 e. The number of benzene rings is 2. The maximum atomic E-state index is 9.28. The highest BCUT2D eigenvalue weighted by molar-refractivity contribution is 5.83. The molecular weight excluding hydrogens is 262 g/mol. The van der Waals surface area contributed by atoms with Gasteiger partial charge in [0.25, 0.3) is 0 Å². The van der Waals surface area contributed by atoms with E-state index in [9.17, 15) is 5.11 Å². The second kappa shape index (κ2) is 5.63. The Labute approximate surface area is 122 Å². The lowest BCUT2D eigenvalue weighted by molar-refractivity contribution is 0.475. The van der Waals surface area contributed by atoms with Crippen LogP contribution in [0.15, 0.2) is 66.2 Å². The van der Waals surface area contributed by atoms with Gasteiger partial charge < -0.3 is 9.67 Å². The number of aliphatic imine (C=N–C) groups is 1. The lowest BCUT2D eigenvalue weighted by Crippen LogP contribution is -1.94. The van der Waals surface area contributed by atoms with Gasteiger partial charge in [-0.1, -0.05) is 18.2 Å². The third-order valence-corrected chi connectivity index (χ3v) is 3.17. The predicted octanol–water partition coefficient (Wildman–Crippen LogP) is 3.68. The van der Waals surface area contributed by atoms with Crippen LogP contribution in [-0.4, -0.2) is 20.9 Å². The summed E-state index contributed by atoms with van der Waals surface area (Å²) in [5.74, 6) is 0.884. The van der Waals surface area contributed by atoms with Crippen LogP contribution >= 0.6 is 0 Å². The average Bonchev–Trinajstić information content (AvgIpc) is 2.85. The molecule has 3 aromatic rings. The Kier molecular flexibility index (Phi) is 3.51. The van der Waals surface area contributed by atoms with Crippen molar-refractivity contribution >= 4 is 23.2 Å². The van der Waals surface area contributed by atoms with E-state index in [1.54, 1.807) is 30.5 Å². The Morgan fingerprint density at radius 2 is 1.90 bits per heavy atom. The lowest BCUT2D eigenvalue weighted by atomic mass is 10.2. The molecule has 4 nitrogen and oxygen atoms in total. The van der Waals surface area contributed by atoms with Gasteiger partial charge in [0.15, 0.2) is 0 Å². The summed E-state index contributed by atoms with van der Waals surface area (Å²) in [6.07, 6.45) is 3.56. The van der Waals surface area contributed by atoms with Crippen LogP contribution in [0.25, 0.3) is 11.0 Å². The SMILES string of the molecule is C=CCn1c(N=Cc2ccc(O)cc2)nc2ccccc21. The minimum Gasteiger partial charge on any atom is -0.508 e. The number of aromatic hydroxyl groups is 1. The number of fused-ring (bicyclic) bond motifs is 1. The highest BCUT2D eigenvalue weighted by Gasteiger charge is 2.07. The maximum absolute atomic E-state index is 9.28. The zero-order chi connectivity index (χ0) is 14.7. The van der Waals surface area contributed by atoms with E-state index in [1.807, 2.05) is 34.9 Å². The van der Waals surface area contributed by atoms with Gasteiger partial charge in [0.1, 0.15) is 5.75 Å². The Hall–Kier alpha value is -2.88. The number of phenolic OH excluding ortho intramolecular Hbond substituents is 1. The van der Waals surface area contributed by atoms with Crippen LogP contribution in [0.2, 0.25) is 0 Å². The van der Waals surface area contributed by atoms with E-state index < -0.39 is 0 Å².